The van der Waals surface area contributed by atoms with E-state index in [1.165, 1.54) is 12.1 Å². The van der Waals surface area contributed by atoms with E-state index < -0.39 is 0 Å². The van der Waals surface area contributed by atoms with Crippen LogP contribution in [0.15, 0.2) is 60.7 Å². The number of nitrogens with two attached hydrogens (primary N) is 1. The van der Waals surface area contributed by atoms with Gasteiger partial charge < -0.3 is 16.2 Å². The number of hydrogen-bond acceptors (Lipinski definition) is 3. The van der Waals surface area contributed by atoms with Crippen LogP contribution in [0.4, 0.5) is 5.69 Å². The summed E-state index contributed by atoms with van der Waals surface area (Å²) < 4.78 is 0. The Morgan fingerprint density at radius 1 is 1.04 bits per heavy atom. The van der Waals surface area contributed by atoms with Gasteiger partial charge in [0.1, 0.15) is 5.75 Å². The quantitative estimate of drug-likeness (QED) is 0.511. The molecule has 116 valence electrons. The SMILES string of the molecule is CC(NC(=O)c1cc(N)ccc1O)c1ccc2ccccc2c1. The van der Waals surface area contributed by atoms with E-state index in [0.717, 1.165) is 16.3 Å². The van der Waals surface area contributed by atoms with Crippen molar-refractivity contribution in [1.82, 2.24) is 5.32 Å². The van der Waals surface area contributed by atoms with Gasteiger partial charge in [0.15, 0.2) is 0 Å². The first-order valence-corrected chi connectivity index (χ1v) is 7.42. The Morgan fingerprint density at radius 2 is 1.78 bits per heavy atom. The number of phenolic OH excluding ortho intramolecular Hbond substituents is 1. The largest absolute Gasteiger partial charge is 0.507 e. The van der Waals surface area contributed by atoms with E-state index in [0.29, 0.717) is 5.69 Å². The highest BCUT2D eigenvalue weighted by Gasteiger charge is 2.15. The van der Waals surface area contributed by atoms with Gasteiger partial charge in [0.05, 0.1) is 11.6 Å². The first kappa shape index (κ1) is 14.9. The molecule has 1 unspecified atom stereocenters. The normalized spacial score (nSPS) is 12.0. The van der Waals surface area contributed by atoms with Crippen LogP contribution in [0.3, 0.4) is 0 Å². The molecule has 0 fully saturated rings. The fourth-order valence-electron chi connectivity index (χ4n) is 2.57. The maximum atomic E-state index is 12.3. The van der Waals surface area contributed by atoms with Crippen molar-refractivity contribution in [2.75, 3.05) is 5.73 Å². The number of carbonyl (C=O) groups excluding carboxylic acids is 1. The van der Waals surface area contributed by atoms with Crippen LogP contribution < -0.4 is 11.1 Å². The van der Waals surface area contributed by atoms with E-state index in [1.807, 2.05) is 43.3 Å². The van der Waals surface area contributed by atoms with Gasteiger partial charge in [0.2, 0.25) is 0 Å². The zero-order valence-electron chi connectivity index (χ0n) is 12.8. The van der Waals surface area contributed by atoms with Crippen molar-refractivity contribution in [2.24, 2.45) is 0 Å². The molecule has 4 nitrogen and oxygen atoms in total. The molecule has 3 aromatic rings. The van der Waals surface area contributed by atoms with Crippen LogP contribution in [-0.2, 0) is 0 Å². The van der Waals surface area contributed by atoms with Crippen LogP contribution in [-0.4, -0.2) is 11.0 Å². The van der Waals surface area contributed by atoms with Crippen molar-refractivity contribution in [2.45, 2.75) is 13.0 Å². The minimum absolute atomic E-state index is 0.0811. The fourth-order valence-corrected chi connectivity index (χ4v) is 2.57. The maximum Gasteiger partial charge on any atom is 0.255 e. The van der Waals surface area contributed by atoms with Gasteiger partial charge in [-0.15, -0.1) is 0 Å². The number of rotatable bonds is 3. The standard InChI is InChI=1S/C19H18N2O2/c1-12(14-7-6-13-4-2-3-5-15(13)10-14)21-19(23)17-11-16(20)8-9-18(17)22/h2-12,22H,20H2,1H3,(H,21,23). The third-order valence-corrected chi connectivity index (χ3v) is 3.89. The first-order chi connectivity index (χ1) is 11.0. The average Bonchev–Trinajstić information content (AvgIpc) is 2.56. The summed E-state index contributed by atoms with van der Waals surface area (Å²) in [7, 11) is 0. The molecule has 0 radical (unpaired) electrons. The molecular formula is C19H18N2O2. The Balaban J connectivity index is 1.83. The number of anilines is 1. The summed E-state index contributed by atoms with van der Waals surface area (Å²) in [5.41, 5.74) is 7.29. The average molecular weight is 306 g/mol. The van der Waals surface area contributed by atoms with Gasteiger partial charge in [-0.25, -0.2) is 0 Å². The number of carbonyl (C=O) groups is 1. The number of nitrogens with one attached hydrogen (secondary N) is 1. The molecule has 1 atom stereocenters. The van der Waals surface area contributed by atoms with Crippen molar-refractivity contribution in [3.05, 3.63) is 71.8 Å². The van der Waals surface area contributed by atoms with E-state index >= 15 is 0 Å². The lowest BCUT2D eigenvalue weighted by atomic mass is 10.0. The highest BCUT2D eigenvalue weighted by molar-refractivity contribution is 5.98. The Morgan fingerprint density at radius 3 is 2.57 bits per heavy atom. The van der Waals surface area contributed by atoms with E-state index in [1.54, 1.807) is 6.07 Å². The molecule has 0 saturated heterocycles. The number of fused-ring (bicyclic) bond motifs is 1. The second-order valence-corrected chi connectivity index (χ2v) is 5.58. The molecule has 23 heavy (non-hydrogen) atoms. The highest BCUT2D eigenvalue weighted by Crippen LogP contribution is 2.23. The van der Waals surface area contributed by atoms with Crippen LogP contribution >= 0.6 is 0 Å². The van der Waals surface area contributed by atoms with Gasteiger partial charge in [0.25, 0.3) is 5.91 Å². The molecule has 0 aliphatic carbocycles. The van der Waals surface area contributed by atoms with Crippen molar-refractivity contribution in [3.8, 4) is 5.75 Å². The molecule has 0 aliphatic rings. The molecule has 0 aliphatic heterocycles. The molecule has 4 N–H and O–H groups in total. The van der Waals surface area contributed by atoms with Gasteiger partial charge in [-0.1, -0.05) is 36.4 Å². The lowest BCUT2D eigenvalue weighted by Crippen LogP contribution is -2.26. The van der Waals surface area contributed by atoms with Gasteiger partial charge >= 0.3 is 0 Å². The molecule has 0 heterocycles. The molecule has 4 heteroatoms. The molecule has 3 rings (SSSR count). The van der Waals surface area contributed by atoms with E-state index in [-0.39, 0.29) is 23.3 Å². The summed E-state index contributed by atoms with van der Waals surface area (Å²) in [5.74, 6) is -0.433. The molecular weight excluding hydrogens is 288 g/mol. The topological polar surface area (TPSA) is 75.4 Å². The zero-order chi connectivity index (χ0) is 16.4. The van der Waals surface area contributed by atoms with E-state index in [2.05, 4.69) is 11.4 Å². The minimum atomic E-state index is -0.351. The number of aromatic hydroxyl groups is 1. The van der Waals surface area contributed by atoms with Crippen molar-refractivity contribution in [1.29, 1.82) is 0 Å². The van der Waals surface area contributed by atoms with Crippen LogP contribution in [0.5, 0.6) is 5.75 Å². The van der Waals surface area contributed by atoms with E-state index in [4.69, 9.17) is 5.73 Å². The lowest BCUT2D eigenvalue weighted by molar-refractivity contribution is 0.0937. The summed E-state index contributed by atoms with van der Waals surface area (Å²) >= 11 is 0. The van der Waals surface area contributed by atoms with E-state index in [9.17, 15) is 9.90 Å². The molecule has 0 spiro atoms. The summed E-state index contributed by atoms with van der Waals surface area (Å²) in [5, 5.41) is 15.0. The number of nitrogen functional groups attached to an aromatic ring is 1. The Kier molecular flexibility index (Phi) is 3.89. The summed E-state index contributed by atoms with van der Waals surface area (Å²) in [6.07, 6.45) is 0. The van der Waals surface area contributed by atoms with Crippen LogP contribution in [0, 0.1) is 0 Å². The number of phenols is 1. The predicted molar refractivity (Wildman–Crippen MR) is 92.3 cm³/mol. The molecule has 1 amide bonds. The lowest BCUT2D eigenvalue weighted by Gasteiger charge is -2.16. The van der Waals surface area contributed by atoms with Gasteiger partial charge in [0, 0.05) is 5.69 Å². The van der Waals surface area contributed by atoms with Crippen LogP contribution in [0.2, 0.25) is 0 Å². The smallest absolute Gasteiger partial charge is 0.255 e. The third-order valence-electron chi connectivity index (χ3n) is 3.89. The van der Waals surface area contributed by atoms with Gasteiger partial charge in [-0.05, 0) is 47.5 Å². The number of amides is 1. The van der Waals surface area contributed by atoms with Crippen molar-refractivity contribution >= 4 is 22.4 Å². The highest BCUT2D eigenvalue weighted by atomic mass is 16.3. The number of benzene rings is 3. The van der Waals surface area contributed by atoms with Crippen molar-refractivity contribution in [3.63, 3.8) is 0 Å². The summed E-state index contributed by atoms with van der Waals surface area (Å²) in [6, 6.07) is 18.4. The van der Waals surface area contributed by atoms with Crippen LogP contribution in [0.25, 0.3) is 10.8 Å². The second kappa shape index (κ2) is 6.01. The monoisotopic (exact) mass is 306 g/mol. The second-order valence-electron chi connectivity index (χ2n) is 5.58. The maximum absolute atomic E-state index is 12.3. The Labute approximate surface area is 134 Å². The summed E-state index contributed by atoms with van der Waals surface area (Å²) in [4.78, 5) is 12.3. The fraction of sp³-hybridized carbons (Fsp3) is 0.105. The van der Waals surface area contributed by atoms with Crippen LogP contribution in [0.1, 0.15) is 28.9 Å². The zero-order valence-corrected chi connectivity index (χ0v) is 12.8. The molecule has 3 aromatic carbocycles. The Hall–Kier alpha value is -3.01. The van der Waals surface area contributed by atoms with Gasteiger partial charge in [-0.3, -0.25) is 4.79 Å². The first-order valence-electron chi connectivity index (χ1n) is 7.42. The number of hydrogen-bond donors (Lipinski definition) is 3. The summed E-state index contributed by atoms with van der Waals surface area (Å²) in [6.45, 7) is 1.91. The third kappa shape index (κ3) is 3.11. The van der Waals surface area contributed by atoms with Crippen molar-refractivity contribution < 1.29 is 9.90 Å². The molecule has 0 aromatic heterocycles. The van der Waals surface area contributed by atoms with Gasteiger partial charge in [-0.2, -0.15) is 0 Å². The predicted octanol–water partition coefficient (Wildman–Crippen LogP) is 3.62. The minimum Gasteiger partial charge on any atom is -0.507 e. The Bertz CT molecular complexity index is 874. The molecule has 0 saturated carbocycles. The molecule has 0 bridgehead atoms.